The van der Waals surface area contributed by atoms with E-state index in [0.29, 0.717) is 11.5 Å². The summed E-state index contributed by atoms with van der Waals surface area (Å²) in [6.45, 7) is 2.07. The van der Waals surface area contributed by atoms with Crippen LogP contribution in [-0.2, 0) is 20.4 Å². The fourth-order valence-electron chi connectivity index (χ4n) is 2.91. The zero-order chi connectivity index (χ0) is 16.2. The van der Waals surface area contributed by atoms with Gasteiger partial charge in [0, 0.05) is 6.04 Å². The zero-order valence-electron chi connectivity index (χ0n) is 12.7. The molecule has 6 heteroatoms. The molecule has 2 unspecified atom stereocenters. The SMILES string of the molecule is CC1CCCCC1NC(=O)CS(=O)(=O)Cc1cccc(F)c1. The molecule has 0 radical (unpaired) electrons. The fourth-order valence-corrected chi connectivity index (χ4v) is 4.18. The Hall–Kier alpha value is -1.43. The lowest BCUT2D eigenvalue weighted by atomic mass is 9.86. The summed E-state index contributed by atoms with van der Waals surface area (Å²) < 4.78 is 37.2. The third-order valence-electron chi connectivity index (χ3n) is 4.08. The molecule has 2 atom stereocenters. The van der Waals surface area contributed by atoms with Crippen molar-refractivity contribution in [3.63, 3.8) is 0 Å². The van der Waals surface area contributed by atoms with Crippen molar-refractivity contribution in [2.24, 2.45) is 5.92 Å². The number of carbonyl (C=O) groups excluding carboxylic acids is 1. The molecule has 0 heterocycles. The van der Waals surface area contributed by atoms with Gasteiger partial charge in [-0.25, -0.2) is 12.8 Å². The van der Waals surface area contributed by atoms with Crippen LogP contribution in [0.15, 0.2) is 24.3 Å². The maximum atomic E-state index is 13.1. The molecule has 22 heavy (non-hydrogen) atoms. The molecule has 2 rings (SSSR count). The second kappa shape index (κ2) is 7.22. The van der Waals surface area contributed by atoms with Gasteiger partial charge in [0.25, 0.3) is 0 Å². The smallest absolute Gasteiger partial charge is 0.235 e. The molecular formula is C16H22FNO3S. The Morgan fingerprint density at radius 3 is 2.73 bits per heavy atom. The summed E-state index contributed by atoms with van der Waals surface area (Å²) in [6.07, 6.45) is 4.18. The van der Waals surface area contributed by atoms with Gasteiger partial charge >= 0.3 is 0 Å². The molecule has 1 saturated carbocycles. The Balaban J connectivity index is 1.92. The highest BCUT2D eigenvalue weighted by Gasteiger charge is 2.25. The van der Waals surface area contributed by atoms with Crippen molar-refractivity contribution in [1.29, 1.82) is 0 Å². The van der Waals surface area contributed by atoms with Gasteiger partial charge in [-0.05, 0) is 36.5 Å². The van der Waals surface area contributed by atoms with Crippen LogP contribution < -0.4 is 5.32 Å². The number of amides is 1. The summed E-state index contributed by atoms with van der Waals surface area (Å²) in [6, 6.07) is 5.50. The van der Waals surface area contributed by atoms with Crippen LogP contribution in [0.1, 0.15) is 38.2 Å². The first-order valence-corrected chi connectivity index (χ1v) is 9.42. The van der Waals surface area contributed by atoms with Gasteiger partial charge in [-0.3, -0.25) is 4.79 Å². The van der Waals surface area contributed by atoms with Gasteiger partial charge < -0.3 is 5.32 Å². The van der Waals surface area contributed by atoms with Crippen molar-refractivity contribution in [1.82, 2.24) is 5.32 Å². The molecule has 1 aliphatic rings. The summed E-state index contributed by atoms with van der Waals surface area (Å²) in [7, 11) is -3.60. The van der Waals surface area contributed by atoms with E-state index < -0.39 is 27.3 Å². The third-order valence-corrected chi connectivity index (χ3v) is 5.56. The van der Waals surface area contributed by atoms with Crippen LogP contribution in [-0.4, -0.2) is 26.1 Å². The first kappa shape index (κ1) is 16.9. The third kappa shape index (κ3) is 5.09. The highest BCUT2D eigenvalue weighted by atomic mass is 32.2. The minimum absolute atomic E-state index is 0.0608. The van der Waals surface area contributed by atoms with Crippen LogP contribution in [0.2, 0.25) is 0 Å². The average molecular weight is 327 g/mol. The quantitative estimate of drug-likeness (QED) is 0.903. The van der Waals surface area contributed by atoms with E-state index in [-0.39, 0.29) is 11.8 Å². The Kier molecular flexibility index (Phi) is 5.56. The largest absolute Gasteiger partial charge is 0.352 e. The summed E-state index contributed by atoms with van der Waals surface area (Å²) in [5, 5.41) is 2.83. The van der Waals surface area contributed by atoms with Gasteiger partial charge in [0.2, 0.25) is 5.91 Å². The molecule has 0 aromatic heterocycles. The highest BCUT2D eigenvalue weighted by molar-refractivity contribution is 7.91. The van der Waals surface area contributed by atoms with E-state index in [2.05, 4.69) is 12.2 Å². The van der Waals surface area contributed by atoms with Gasteiger partial charge in [0.1, 0.15) is 11.6 Å². The van der Waals surface area contributed by atoms with Crippen molar-refractivity contribution in [3.05, 3.63) is 35.6 Å². The van der Waals surface area contributed by atoms with Crippen LogP contribution in [0.3, 0.4) is 0 Å². The second-order valence-electron chi connectivity index (χ2n) is 6.10. The lowest BCUT2D eigenvalue weighted by Gasteiger charge is -2.29. The van der Waals surface area contributed by atoms with E-state index in [1.165, 1.54) is 18.2 Å². The van der Waals surface area contributed by atoms with Crippen LogP contribution in [0.25, 0.3) is 0 Å². The van der Waals surface area contributed by atoms with Crippen molar-refractivity contribution in [2.45, 2.75) is 44.4 Å². The van der Waals surface area contributed by atoms with E-state index in [0.717, 1.165) is 25.7 Å². The molecule has 1 aromatic carbocycles. The number of halogens is 1. The van der Waals surface area contributed by atoms with Crippen molar-refractivity contribution >= 4 is 15.7 Å². The zero-order valence-corrected chi connectivity index (χ0v) is 13.5. The molecule has 1 aromatic rings. The number of nitrogens with one attached hydrogen (secondary N) is 1. The van der Waals surface area contributed by atoms with Gasteiger partial charge in [0.05, 0.1) is 5.75 Å². The lowest BCUT2D eigenvalue weighted by molar-refractivity contribution is -0.119. The molecular weight excluding hydrogens is 305 g/mol. The molecule has 1 N–H and O–H groups in total. The predicted molar refractivity (Wildman–Crippen MR) is 83.5 cm³/mol. The topological polar surface area (TPSA) is 63.2 Å². The number of carbonyl (C=O) groups is 1. The van der Waals surface area contributed by atoms with Gasteiger partial charge in [-0.15, -0.1) is 0 Å². The molecule has 1 amide bonds. The van der Waals surface area contributed by atoms with Gasteiger partial charge in [0.15, 0.2) is 9.84 Å². The van der Waals surface area contributed by atoms with Gasteiger partial charge in [-0.2, -0.15) is 0 Å². The molecule has 0 saturated heterocycles. The summed E-state index contributed by atoms with van der Waals surface area (Å²) in [5.41, 5.74) is 0.360. The number of hydrogen-bond acceptors (Lipinski definition) is 3. The Morgan fingerprint density at radius 1 is 1.32 bits per heavy atom. The average Bonchev–Trinajstić information content (AvgIpc) is 2.40. The minimum Gasteiger partial charge on any atom is -0.352 e. The van der Waals surface area contributed by atoms with Gasteiger partial charge in [-0.1, -0.05) is 31.9 Å². The Bertz CT molecular complexity index is 630. The van der Waals surface area contributed by atoms with E-state index in [1.54, 1.807) is 6.07 Å². The van der Waals surface area contributed by atoms with E-state index in [9.17, 15) is 17.6 Å². The number of sulfone groups is 1. The van der Waals surface area contributed by atoms with Crippen molar-refractivity contribution in [2.75, 3.05) is 5.75 Å². The number of benzene rings is 1. The molecule has 0 aliphatic heterocycles. The maximum Gasteiger partial charge on any atom is 0.235 e. The Labute approximate surface area is 131 Å². The summed E-state index contributed by atoms with van der Waals surface area (Å²) in [5.74, 6) is -1.43. The van der Waals surface area contributed by atoms with Crippen molar-refractivity contribution in [3.8, 4) is 0 Å². The number of hydrogen-bond donors (Lipinski definition) is 1. The standard InChI is InChI=1S/C16H22FNO3S/c1-12-5-2-3-8-15(12)18-16(19)11-22(20,21)10-13-6-4-7-14(17)9-13/h4,6-7,9,12,15H,2-3,5,8,10-11H2,1H3,(H,18,19). The molecule has 1 fully saturated rings. The molecule has 1 aliphatic carbocycles. The normalized spacial score (nSPS) is 22.3. The first-order valence-electron chi connectivity index (χ1n) is 7.60. The van der Waals surface area contributed by atoms with Crippen molar-refractivity contribution < 1.29 is 17.6 Å². The lowest BCUT2D eigenvalue weighted by Crippen LogP contribution is -2.43. The Morgan fingerprint density at radius 2 is 2.05 bits per heavy atom. The number of rotatable bonds is 5. The summed E-state index contributed by atoms with van der Waals surface area (Å²) >= 11 is 0. The first-order chi connectivity index (χ1) is 10.4. The summed E-state index contributed by atoms with van der Waals surface area (Å²) in [4.78, 5) is 12.0. The molecule has 4 nitrogen and oxygen atoms in total. The van der Waals surface area contributed by atoms with Crippen LogP contribution in [0.4, 0.5) is 4.39 Å². The monoisotopic (exact) mass is 327 g/mol. The van der Waals surface area contributed by atoms with Crippen LogP contribution in [0.5, 0.6) is 0 Å². The molecule has 0 bridgehead atoms. The minimum atomic E-state index is -3.60. The molecule has 122 valence electrons. The maximum absolute atomic E-state index is 13.1. The van der Waals surface area contributed by atoms with Crippen LogP contribution in [0, 0.1) is 11.7 Å². The second-order valence-corrected chi connectivity index (χ2v) is 8.16. The van der Waals surface area contributed by atoms with E-state index >= 15 is 0 Å². The van der Waals surface area contributed by atoms with E-state index in [1.807, 2.05) is 0 Å². The molecule has 0 spiro atoms. The van der Waals surface area contributed by atoms with Crippen LogP contribution >= 0.6 is 0 Å². The van der Waals surface area contributed by atoms with E-state index in [4.69, 9.17) is 0 Å². The highest BCUT2D eigenvalue weighted by Crippen LogP contribution is 2.23. The predicted octanol–water partition coefficient (Wildman–Crippen LogP) is 2.44. The fraction of sp³-hybridized carbons (Fsp3) is 0.562.